The Morgan fingerprint density at radius 2 is 2.05 bits per heavy atom. The summed E-state index contributed by atoms with van der Waals surface area (Å²) in [6.45, 7) is 2.02. The Morgan fingerprint density at radius 1 is 1.33 bits per heavy atom. The first-order valence-corrected chi connectivity index (χ1v) is 7.89. The van der Waals surface area contributed by atoms with Gasteiger partial charge in [0, 0.05) is 17.6 Å². The van der Waals surface area contributed by atoms with Crippen LogP contribution >= 0.6 is 28.3 Å². The second-order valence-electron chi connectivity index (χ2n) is 5.50. The van der Waals surface area contributed by atoms with Crippen molar-refractivity contribution in [2.75, 3.05) is 19.7 Å². The molecule has 1 saturated heterocycles. The van der Waals surface area contributed by atoms with Crippen molar-refractivity contribution < 1.29 is 9.53 Å². The van der Waals surface area contributed by atoms with Gasteiger partial charge < -0.3 is 15.4 Å². The zero-order chi connectivity index (χ0) is 14.0. The maximum absolute atomic E-state index is 12.4. The van der Waals surface area contributed by atoms with Crippen LogP contribution in [-0.2, 0) is 15.1 Å². The Morgan fingerprint density at radius 3 is 2.57 bits per heavy atom. The fourth-order valence-electron chi connectivity index (χ4n) is 2.84. The van der Waals surface area contributed by atoms with Crippen molar-refractivity contribution in [2.24, 2.45) is 0 Å². The molecule has 6 heteroatoms. The SMILES string of the molecule is Cl.O=C(NC1(c2ccc(Br)cc2)CCC1)C1CNCCO1. The van der Waals surface area contributed by atoms with E-state index in [0.717, 1.165) is 30.3 Å². The summed E-state index contributed by atoms with van der Waals surface area (Å²) < 4.78 is 6.58. The number of rotatable bonds is 3. The number of carbonyl (C=O) groups is 1. The number of hydrogen-bond donors (Lipinski definition) is 2. The monoisotopic (exact) mass is 374 g/mol. The molecule has 2 N–H and O–H groups in total. The van der Waals surface area contributed by atoms with Crippen LogP contribution in [0.4, 0.5) is 0 Å². The van der Waals surface area contributed by atoms with E-state index in [0.29, 0.717) is 13.2 Å². The number of carbonyl (C=O) groups excluding carboxylic acids is 1. The Bertz CT molecular complexity index is 485. The van der Waals surface area contributed by atoms with Gasteiger partial charge in [-0.1, -0.05) is 28.1 Å². The van der Waals surface area contributed by atoms with Crippen LogP contribution < -0.4 is 10.6 Å². The Balaban J connectivity index is 0.00000161. The first kappa shape index (κ1) is 16.7. The number of benzene rings is 1. The highest BCUT2D eigenvalue weighted by molar-refractivity contribution is 9.10. The van der Waals surface area contributed by atoms with Crippen LogP contribution in [0.5, 0.6) is 0 Å². The summed E-state index contributed by atoms with van der Waals surface area (Å²) in [6.07, 6.45) is 2.79. The lowest BCUT2D eigenvalue weighted by atomic mass is 9.71. The molecular formula is C15H20BrClN2O2. The molecule has 0 bridgehead atoms. The van der Waals surface area contributed by atoms with Gasteiger partial charge in [0.25, 0.3) is 5.91 Å². The molecule has 1 atom stereocenters. The van der Waals surface area contributed by atoms with Gasteiger partial charge in [0.05, 0.1) is 12.1 Å². The quantitative estimate of drug-likeness (QED) is 0.853. The number of ether oxygens (including phenoxy) is 1. The van der Waals surface area contributed by atoms with Gasteiger partial charge in [-0.15, -0.1) is 12.4 Å². The molecule has 1 heterocycles. The van der Waals surface area contributed by atoms with Crippen molar-refractivity contribution in [3.05, 3.63) is 34.3 Å². The largest absolute Gasteiger partial charge is 0.366 e. The highest BCUT2D eigenvalue weighted by Crippen LogP contribution is 2.41. The van der Waals surface area contributed by atoms with E-state index in [4.69, 9.17) is 4.74 Å². The Kier molecular flexibility index (Phi) is 5.66. The molecule has 116 valence electrons. The summed E-state index contributed by atoms with van der Waals surface area (Å²) >= 11 is 3.45. The lowest BCUT2D eigenvalue weighted by Gasteiger charge is -2.44. The minimum atomic E-state index is -0.364. The molecule has 1 unspecified atom stereocenters. The summed E-state index contributed by atoms with van der Waals surface area (Å²) in [6, 6.07) is 8.23. The van der Waals surface area contributed by atoms with Gasteiger partial charge >= 0.3 is 0 Å². The third-order valence-electron chi connectivity index (χ3n) is 4.19. The molecule has 0 aromatic heterocycles. The third kappa shape index (κ3) is 3.59. The average Bonchev–Trinajstić information content (AvgIpc) is 2.45. The van der Waals surface area contributed by atoms with Crippen LogP contribution in [0, 0.1) is 0 Å². The maximum Gasteiger partial charge on any atom is 0.251 e. The molecule has 21 heavy (non-hydrogen) atoms. The van der Waals surface area contributed by atoms with E-state index in [1.165, 1.54) is 5.56 Å². The molecule has 3 rings (SSSR count). The van der Waals surface area contributed by atoms with E-state index < -0.39 is 0 Å². The predicted octanol–water partition coefficient (Wildman–Crippen LogP) is 2.35. The highest BCUT2D eigenvalue weighted by atomic mass is 79.9. The van der Waals surface area contributed by atoms with Gasteiger partial charge in [0.15, 0.2) is 0 Å². The minimum Gasteiger partial charge on any atom is -0.366 e. The van der Waals surface area contributed by atoms with Gasteiger partial charge in [-0.3, -0.25) is 4.79 Å². The maximum atomic E-state index is 12.4. The molecule has 0 spiro atoms. The first-order valence-electron chi connectivity index (χ1n) is 7.10. The zero-order valence-corrected chi connectivity index (χ0v) is 14.1. The first-order chi connectivity index (χ1) is 9.70. The topological polar surface area (TPSA) is 50.4 Å². The molecule has 4 nitrogen and oxygen atoms in total. The van der Waals surface area contributed by atoms with Crippen molar-refractivity contribution in [3.63, 3.8) is 0 Å². The van der Waals surface area contributed by atoms with Gasteiger partial charge in [0.2, 0.25) is 0 Å². The van der Waals surface area contributed by atoms with E-state index in [1.807, 2.05) is 12.1 Å². The smallest absolute Gasteiger partial charge is 0.251 e. The summed E-state index contributed by atoms with van der Waals surface area (Å²) in [7, 11) is 0. The van der Waals surface area contributed by atoms with E-state index in [1.54, 1.807) is 0 Å². The van der Waals surface area contributed by atoms with Crippen LogP contribution in [0.25, 0.3) is 0 Å². The minimum absolute atomic E-state index is 0. The van der Waals surface area contributed by atoms with Gasteiger partial charge in [-0.05, 0) is 37.0 Å². The molecule has 2 aliphatic rings. The van der Waals surface area contributed by atoms with E-state index >= 15 is 0 Å². The van der Waals surface area contributed by atoms with Crippen LogP contribution in [0.1, 0.15) is 24.8 Å². The molecule has 1 amide bonds. The normalized spacial score (nSPS) is 23.6. The second-order valence-corrected chi connectivity index (χ2v) is 6.41. The molecule has 1 aromatic rings. The zero-order valence-electron chi connectivity index (χ0n) is 11.7. The lowest BCUT2D eigenvalue weighted by molar-refractivity contribution is -0.137. The number of halogens is 2. The highest BCUT2D eigenvalue weighted by Gasteiger charge is 2.41. The second kappa shape index (κ2) is 7.09. The molecule has 1 aliphatic heterocycles. The fourth-order valence-corrected chi connectivity index (χ4v) is 3.10. The molecular weight excluding hydrogens is 356 g/mol. The summed E-state index contributed by atoms with van der Waals surface area (Å²) in [5.74, 6) is -0.000168. The Labute approximate surface area is 139 Å². The molecule has 2 fully saturated rings. The van der Waals surface area contributed by atoms with Crippen molar-refractivity contribution in [1.29, 1.82) is 0 Å². The molecule has 1 aliphatic carbocycles. The number of hydrogen-bond acceptors (Lipinski definition) is 3. The van der Waals surface area contributed by atoms with E-state index in [-0.39, 0.29) is 30.0 Å². The van der Waals surface area contributed by atoms with Crippen LogP contribution in [0.3, 0.4) is 0 Å². The lowest BCUT2D eigenvalue weighted by Crippen LogP contribution is -2.56. The summed E-state index contributed by atoms with van der Waals surface area (Å²) in [4.78, 5) is 12.4. The number of amides is 1. The summed E-state index contributed by atoms with van der Waals surface area (Å²) in [5, 5.41) is 6.41. The summed E-state index contributed by atoms with van der Waals surface area (Å²) in [5.41, 5.74) is 0.988. The molecule has 0 radical (unpaired) electrons. The number of nitrogens with one attached hydrogen (secondary N) is 2. The molecule has 1 aromatic carbocycles. The van der Waals surface area contributed by atoms with Crippen LogP contribution in [0.15, 0.2) is 28.7 Å². The van der Waals surface area contributed by atoms with E-state index in [9.17, 15) is 4.79 Å². The van der Waals surface area contributed by atoms with Crippen molar-refractivity contribution in [1.82, 2.24) is 10.6 Å². The predicted molar refractivity (Wildman–Crippen MR) is 87.7 cm³/mol. The standard InChI is InChI=1S/C15H19BrN2O2.ClH/c16-12-4-2-11(3-5-12)15(6-1-7-15)18-14(19)13-10-17-8-9-20-13;/h2-5,13,17H,1,6-10H2,(H,18,19);1H. The van der Waals surface area contributed by atoms with Crippen LogP contribution in [-0.4, -0.2) is 31.7 Å². The molecule has 1 saturated carbocycles. The van der Waals surface area contributed by atoms with Crippen LogP contribution in [0.2, 0.25) is 0 Å². The fraction of sp³-hybridized carbons (Fsp3) is 0.533. The van der Waals surface area contributed by atoms with Gasteiger partial charge in [-0.2, -0.15) is 0 Å². The van der Waals surface area contributed by atoms with Crippen molar-refractivity contribution in [2.45, 2.75) is 30.9 Å². The Hall–Kier alpha value is -0.620. The van der Waals surface area contributed by atoms with Crippen molar-refractivity contribution >= 4 is 34.2 Å². The van der Waals surface area contributed by atoms with Gasteiger partial charge in [-0.25, -0.2) is 0 Å². The van der Waals surface area contributed by atoms with Crippen molar-refractivity contribution in [3.8, 4) is 0 Å². The van der Waals surface area contributed by atoms with Gasteiger partial charge in [0.1, 0.15) is 6.10 Å². The average molecular weight is 376 g/mol. The third-order valence-corrected chi connectivity index (χ3v) is 4.72. The van der Waals surface area contributed by atoms with E-state index in [2.05, 4.69) is 38.7 Å². The number of morpholine rings is 1.